The van der Waals surface area contributed by atoms with E-state index >= 15 is 0 Å². The first-order chi connectivity index (χ1) is 17.5. The molecule has 10 nitrogen and oxygen atoms in total. The molecule has 0 spiro atoms. The minimum atomic E-state index is -0.752. The Morgan fingerprint density at radius 1 is 1.08 bits per heavy atom. The van der Waals surface area contributed by atoms with E-state index in [2.05, 4.69) is 20.6 Å². The molecular formula is C26H26N6O4. The van der Waals surface area contributed by atoms with Crippen LogP contribution in [0.1, 0.15) is 19.4 Å². The van der Waals surface area contributed by atoms with E-state index in [1.54, 1.807) is 46.2 Å². The largest absolute Gasteiger partial charge is 0.454 e. The monoisotopic (exact) mass is 486 g/mol. The number of hydrogen-bond acceptors (Lipinski definition) is 7. The van der Waals surface area contributed by atoms with Gasteiger partial charge >= 0.3 is 0 Å². The summed E-state index contributed by atoms with van der Waals surface area (Å²) in [6, 6.07) is 15.6. The van der Waals surface area contributed by atoms with Gasteiger partial charge in [-0.2, -0.15) is 0 Å². The molecule has 1 aliphatic heterocycles. The van der Waals surface area contributed by atoms with Gasteiger partial charge in [0.25, 0.3) is 0 Å². The Labute approximate surface area is 207 Å². The van der Waals surface area contributed by atoms with Crippen molar-refractivity contribution in [2.75, 3.05) is 12.1 Å². The highest BCUT2D eigenvalue weighted by atomic mass is 16.7. The van der Waals surface area contributed by atoms with Crippen LogP contribution in [0.5, 0.6) is 11.5 Å². The van der Waals surface area contributed by atoms with Crippen LogP contribution in [-0.2, 0) is 22.7 Å². The van der Waals surface area contributed by atoms with Gasteiger partial charge in [-0.3, -0.25) is 14.6 Å². The van der Waals surface area contributed by atoms with Crippen LogP contribution >= 0.6 is 0 Å². The Morgan fingerprint density at radius 2 is 1.92 bits per heavy atom. The number of aromatic nitrogens is 4. The molecule has 4 aromatic rings. The molecule has 0 bridgehead atoms. The average Bonchev–Trinajstić information content (AvgIpc) is 3.51. The predicted octanol–water partition coefficient (Wildman–Crippen LogP) is 3.25. The topological polar surface area (TPSA) is 111 Å². The summed E-state index contributed by atoms with van der Waals surface area (Å²) in [5, 5.41) is 11.2. The van der Waals surface area contributed by atoms with Crippen LogP contribution in [0.2, 0.25) is 0 Å². The van der Waals surface area contributed by atoms with Crippen molar-refractivity contribution in [3.8, 4) is 11.5 Å². The van der Waals surface area contributed by atoms with E-state index in [9.17, 15) is 9.59 Å². The van der Waals surface area contributed by atoms with Gasteiger partial charge in [-0.1, -0.05) is 37.3 Å². The Morgan fingerprint density at radius 3 is 2.72 bits per heavy atom. The summed E-state index contributed by atoms with van der Waals surface area (Å²) < 4.78 is 12.3. The third-order valence-corrected chi connectivity index (χ3v) is 5.98. The third-order valence-electron chi connectivity index (χ3n) is 5.98. The molecule has 0 aliphatic carbocycles. The SMILES string of the molecule is CC(C)[C@@H](C(=O)Nc1ccc2c(c1)OCO2)N(Cc1cccnc1)C(=O)Cn1nnc2ccccc21. The van der Waals surface area contributed by atoms with Crippen LogP contribution < -0.4 is 14.8 Å². The molecule has 0 saturated carbocycles. The van der Waals surface area contributed by atoms with Crippen molar-refractivity contribution in [2.45, 2.75) is 33.0 Å². The number of amides is 2. The van der Waals surface area contributed by atoms with Gasteiger partial charge in [0, 0.05) is 30.7 Å². The maximum absolute atomic E-state index is 13.7. The molecule has 1 aliphatic rings. The normalized spacial score (nSPS) is 13.1. The first-order valence-electron chi connectivity index (χ1n) is 11.7. The number of anilines is 1. The molecule has 36 heavy (non-hydrogen) atoms. The minimum absolute atomic E-state index is 0.0543. The highest BCUT2D eigenvalue weighted by molar-refractivity contribution is 5.97. The van der Waals surface area contributed by atoms with Gasteiger partial charge in [-0.05, 0) is 41.8 Å². The first kappa shape index (κ1) is 23.3. The molecule has 0 fully saturated rings. The maximum atomic E-state index is 13.7. The van der Waals surface area contributed by atoms with Crippen molar-refractivity contribution in [2.24, 2.45) is 5.92 Å². The van der Waals surface area contributed by atoms with Gasteiger partial charge in [0.1, 0.15) is 18.1 Å². The number of para-hydroxylation sites is 1. The molecule has 184 valence electrons. The highest BCUT2D eigenvalue weighted by Gasteiger charge is 2.33. The van der Waals surface area contributed by atoms with Crippen molar-refractivity contribution in [1.82, 2.24) is 24.9 Å². The van der Waals surface area contributed by atoms with Crippen molar-refractivity contribution in [3.05, 3.63) is 72.6 Å². The van der Waals surface area contributed by atoms with Crippen LogP contribution in [0, 0.1) is 5.92 Å². The lowest BCUT2D eigenvalue weighted by molar-refractivity contribution is -0.141. The van der Waals surface area contributed by atoms with E-state index in [4.69, 9.17) is 9.47 Å². The molecule has 0 saturated heterocycles. The van der Waals surface area contributed by atoms with E-state index < -0.39 is 6.04 Å². The van der Waals surface area contributed by atoms with Crippen LogP contribution in [0.4, 0.5) is 5.69 Å². The summed E-state index contributed by atoms with van der Waals surface area (Å²) in [4.78, 5) is 33.0. The number of ether oxygens (including phenoxy) is 2. The number of nitrogens with one attached hydrogen (secondary N) is 1. The summed E-state index contributed by atoms with van der Waals surface area (Å²) >= 11 is 0. The number of pyridine rings is 1. The van der Waals surface area contributed by atoms with Crippen molar-refractivity contribution < 1.29 is 19.1 Å². The lowest BCUT2D eigenvalue weighted by Crippen LogP contribution is -2.50. The Hall–Kier alpha value is -4.47. The molecule has 1 atom stereocenters. The molecule has 2 aromatic carbocycles. The molecule has 2 amide bonds. The molecular weight excluding hydrogens is 460 g/mol. The Balaban J connectivity index is 1.43. The van der Waals surface area contributed by atoms with Crippen molar-refractivity contribution in [1.29, 1.82) is 0 Å². The molecule has 1 N–H and O–H groups in total. The molecule has 0 unspecified atom stereocenters. The standard InChI is InChI=1S/C26H26N6O4/c1-17(2)25(26(34)28-19-9-10-22-23(12-19)36-16-35-22)31(14-18-6-5-11-27-13-18)24(33)15-32-21-8-4-3-7-20(21)29-30-32/h3-13,17,25H,14-16H2,1-2H3,(H,28,34)/t25-/m0/s1. The summed E-state index contributed by atoms with van der Waals surface area (Å²) in [5.74, 6) is 0.461. The first-order valence-corrected chi connectivity index (χ1v) is 11.7. The highest BCUT2D eigenvalue weighted by Crippen LogP contribution is 2.34. The van der Waals surface area contributed by atoms with Gasteiger partial charge in [0.15, 0.2) is 11.5 Å². The van der Waals surface area contributed by atoms with E-state index in [1.807, 2.05) is 44.2 Å². The number of rotatable bonds is 8. The molecule has 3 heterocycles. The smallest absolute Gasteiger partial charge is 0.247 e. The fraction of sp³-hybridized carbons (Fsp3) is 0.269. The zero-order valence-electron chi connectivity index (χ0n) is 20.0. The second kappa shape index (κ2) is 10.0. The van der Waals surface area contributed by atoms with Gasteiger partial charge in [0.2, 0.25) is 18.6 Å². The molecule has 2 aromatic heterocycles. The summed E-state index contributed by atoms with van der Waals surface area (Å²) in [7, 11) is 0. The quantitative estimate of drug-likeness (QED) is 0.407. The number of nitrogens with zero attached hydrogens (tertiary/aromatic N) is 5. The lowest BCUT2D eigenvalue weighted by atomic mass is 10.00. The van der Waals surface area contributed by atoms with E-state index in [0.717, 1.165) is 11.1 Å². The molecule has 10 heteroatoms. The van der Waals surface area contributed by atoms with Crippen molar-refractivity contribution >= 4 is 28.5 Å². The van der Waals surface area contributed by atoms with E-state index in [1.165, 1.54) is 0 Å². The number of carbonyl (C=O) groups excluding carboxylic acids is 2. The van der Waals surface area contributed by atoms with Gasteiger partial charge in [0.05, 0.1) is 5.52 Å². The van der Waals surface area contributed by atoms with Crippen molar-refractivity contribution in [3.63, 3.8) is 0 Å². The zero-order chi connectivity index (χ0) is 25.1. The van der Waals surface area contributed by atoms with Gasteiger partial charge in [-0.25, -0.2) is 4.68 Å². The van der Waals surface area contributed by atoms with Gasteiger partial charge in [-0.15, -0.1) is 5.10 Å². The summed E-state index contributed by atoms with van der Waals surface area (Å²) in [6.07, 6.45) is 3.36. The maximum Gasteiger partial charge on any atom is 0.247 e. The van der Waals surface area contributed by atoms with Crippen LogP contribution in [0.3, 0.4) is 0 Å². The molecule has 5 rings (SSSR count). The van der Waals surface area contributed by atoms with Crippen LogP contribution in [0.15, 0.2) is 67.0 Å². The lowest BCUT2D eigenvalue weighted by Gasteiger charge is -2.33. The Bertz CT molecular complexity index is 1390. The zero-order valence-corrected chi connectivity index (χ0v) is 20.0. The van der Waals surface area contributed by atoms with E-state index in [0.29, 0.717) is 22.7 Å². The fourth-order valence-electron chi connectivity index (χ4n) is 4.28. The second-order valence-corrected chi connectivity index (χ2v) is 8.86. The van der Waals surface area contributed by atoms with Gasteiger partial charge < -0.3 is 19.7 Å². The molecule has 0 radical (unpaired) electrons. The second-order valence-electron chi connectivity index (χ2n) is 8.86. The minimum Gasteiger partial charge on any atom is -0.454 e. The number of hydrogen-bond donors (Lipinski definition) is 1. The summed E-state index contributed by atoms with van der Waals surface area (Å²) in [5.41, 5.74) is 2.82. The number of fused-ring (bicyclic) bond motifs is 2. The predicted molar refractivity (Wildman–Crippen MR) is 132 cm³/mol. The third kappa shape index (κ3) is 4.83. The van der Waals surface area contributed by atoms with Crippen LogP contribution in [-0.4, -0.2) is 49.5 Å². The van der Waals surface area contributed by atoms with E-state index in [-0.39, 0.29) is 37.6 Å². The number of carbonyl (C=O) groups is 2. The number of benzene rings is 2. The van der Waals surface area contributed by atoms with Crippen LogP contribution in [0.25, 0.3) is 11.0 Å². The fourth-order valence-corrected chi connectivity index (χ4v) is 4.28. The Kier molecular flexibility index (Phi) is 6.48. The summed E-state index contributed by atoms with van der Waals surface area (Å²) in [6.45, 7) is 4.14. The average molecular weight is 487 g/mol.